The molecule has 7 heteroatoms. The van der Waals surface area contributed by atoms with E-state index in [-0.39, 0.29) is 5.41 Å². The molecular weight excluding hydrogens is 304 g/mol. The first-order chi connectivity index (χ1) is 10.3. The van der Waals surface area contributed by atoms with Crippen LogP contribution in [0.5, 0.6) is 0 Å². The van der Waals surface area contributed by atoms with Gasteiger partial charge in [-0.1, -0.05) is 32.4 Å². The van der Waals surface area contributed by atoms with E-state index in [0.29, 0.717) is 24.8 Å². The molecule has 2 heterocycles. The summed E-state index contributed by atoms with van der Waals surface area (Å²) in [6.07, 6.45) is 3.19. The van der Waals surface area contributed by atoms with E-state index in [4.69, 9.17) is 11.6 Å². The summed E-state index contributed by atoms with van der Waals surface area (Å²) in [7, 11) is 0. The molecule has 0 aliphatic rings. The second kappa shape index (κ2) is 6.52. The van der Waals surface area contributed by atoms with Crippen LogP contribution in [-0.2, 0) is 6.54 Å². The molecule has 0 unspecified atom stereocenters. The van der Waals surface area contributed by atoms with E-state index >= 15 is 0 Å². The fourth-order valence-corrected chi connectivity index (χ4v) is 2.43. The Morgan fingerprint density at radius 2 is 2.09 bits per heavy atom. The van der Waals surface area contributed by atoms with Gasteiger partial charge in [-0.15, -0.1) is 0 Å². The lowest BCUT2D eigenvalue weighted by Crippen LogP contribution is -2.35. The Morgan fingerprint density at radius 1 is 1.36 bits per heavy atom. The Labute approximate surface area is 134 Å². The summed E-state index contributed by atoms with van der Waals surface area (Å²) in [4.78, 5) is 20.9. The van der Waals surface area contributed by atoms with Crippen LogP contribution in [-0.4, -0.2) is 43.7 Å². The van der Waals surface area contributed by atoms with Gasteiger partial charge in [0.05, 0.1) is 5.52 Å². The zero-order chi connectivity index (χ0) is 16.3. The minimum Gasteiger partial charge on any atom is -0.465 e. The molecule has 1 amide bonds. The summed E-state index contributed by atoms with van der Waals surface area (Å²) in [6.45, 7) is 7.74. The Bertz CT molecular complexity index is 663. The lowest BCUT2D eigenvalue weighted by molar-refractivity contribution is 0.137. The van der Waals surface area contributed by atoms with Crippen molar-refractivity contribution in [2.24, 2.45) is 5.41 Å². The summed E-state index contributed by atoms with van der Waals surface area (Å²) >= 11 is 6.10. The van der Waals surface area contributed by atoms with Crippen molar-refractivity contribution in [1.82, 2.24) is 19.4 Å². The van der Waals surface area contributed by atoms with Crippen LogP contribution in [0.4, 0.5) is 4.79 Å². The molecule has 0 spiro atoms. The van der Waals surface area contributed by atoms with E-state index < -0.39 is 6.09 Å². The Kier molecular flexibility index (Phi) is 4.90. The molecule has 6 nitrogen and oxygen atoms in total. The van der Waals surface area contributed by atoms with Crippen molar-refractivity contribution in [2.45, 2.75) is 33.7 Å². The predicted octanol–water partition coefficient (Wildman–Crippen LogP) is 3.50. The van der Waals surface area contributed by atoms with Gasteiger partial charge in [-0.2, -0.15) is 0 Å². The highest BCUT2D eigenvalue weighted by atomic mass is 35.5. The SMILES string of the molecule is CC(C)(C)CCN(CCn1ccc2ncnc(Cl)c21)C(=O)O. The van der Waals surface area contributed by atoms with Crippen LogP contribution in [0.1, 0.15) is 27.2 Å². The lowest BCUT2D eigenvalue weighted by atomic mass is 9.92. The largest absolute Gasteiger partial charge is 0.465 e. The molecular formula is C15H21ClN4O2. The number of nitrogens with zero attached hydrogens (tertiary/aromatic N) is 4. The van der Waals surface area contributed by atoms with E-state index in [0.717, 1.165) is 17.5 Å². The average Bonchev–Trinajstić information content (AvgIpc) is 2.81. The zero-order valence-corrected chi connectivity index (χ0v) is 13.8. The second-order valence-corrected chi connectivity index (χ2v) is 6.85. The molecule has 0 atom stereocenters. The van der Waals surface area contributed by atoms with Crippen LogP contribution in [0.15, 0.2) is 18.6 Å². The summed E-state index contributed by atoms with van der Waals surface area (Å²) in [5.74, 6) is 0. The summed E-state index contributed by atoms with van der Waals surface area (Å²) in [5.41, 5.74) is 1.60. The van der Waals surface area contributed by atoms with E-state index in [9.17, 15) is 9.90 Å². The molecule has 2 aromatic rings. The Hall–Kier alpha value is -1.82. The van der Waals surface area contributed by atoms with Crippen molar-refractivity contribution < 1.29 is 9.90 Å². The molecule has 0 aliphatic carbocycles. The van der Waals surface area contributed by atoms with Crippen LogP contribution < -0.4 is 0 Å². The van der Waals surface area contributed by atoms with Crippen molar-refractivity contribution in [2.75, 3.05) is 13.1 Å². The van der Waals surface area contributed by atoms with E-state index in [1.807, 2.05) is 16.8 Å². The molecule has 0 saturated heterocycles. The maximum atomic E-state index is 11.4. The average molecular weight is 325 g/mol. The maximum Gasteiger partial charge on any atom is 0.407 e. The highest BCUT2D eigenvalue weighted by Crippen LogP contribution is 2.21. The first-order valence-corrected chi connectivity index (χ1v) is 7.59. The lowest BCUT2D eigenvalue weighted by Gasteiger charge is -2.25. The third-order valence-corrected chi connectivity index (χ3v) is 3.80. The molecule has 0 saturated carbocycles. The number of carboxylic acid groups (broad SMARTS) is 1. The number of rotatable bonds is 5. The summed E-state index contributed by atoms with van der Waals surface area (Å²) in [5, 5.41) is 9.71. The quantitative estimate of drug-likeness (QED) is 0.854. The Balaban J connectivity index is 2.07. The number of hydrogen-bond acceptors (Lipinski definition) is 3. The minimum atomic E-state index is -0.900. The number of hydrogen-bond donors (Lipinski definition) is 1. The van der Waals surface area contributed by atoms with Gasteiger partial charge in [-0.25, -0.2) is 14.8 Å². The van der Waals surface area contributed by atoms with Gasteiger partial charge in [0.2, 0.25) is 0 Å². The van der Waals surface area contributed by atoms with Gasteiger partial charge >= 0.3 is 6.09 Å². The molecule has 0 aliphatic heterocycles. The molecule has 1 N–H and O–H groups in total. The van der Waals surface area contributed by atoms with Gasteiger partial charge in [0.1, 0.15) is 11.8 Å². The van der Waals surface area contributed by atoms with Gasteiger partial charge in [0.15, 0.2) is 5.15 Å². The number of halogens is 1. The second-order valence-electron chi connectivity index (χ2n) is 6.49. The first-order valence-electron chi connectivity index (χ1n) is 7.21. The number of amides is 1. The molecule has 0 radical (unpaired) electrons. The fourth-order valence-electron chi connectivity index (χ4n) is 2.18. The third kappa shape index (κ3) is 4.10. The molecule has 0 bridgehead atoms. The Morgan fingerprint density at radius 3 is 2.73 bits per heavy atom. The highest BCUT2D eigenvalue weighted by Gasteiger charge is 2.17. The molecule has 0 aromatic carbocycles. The van der Waals surface area contributed by atoms with E-state index in [1.165, 1.54) is 11.2 Å². The van der Waals surface area contributed by atoms with Crippen molar-refractivity contribution in [3.05, 3.63) is 23.7 Å². The maximum absolute atomic E-state index is 11.4. The van der Waals surface area contributed by atoms with Crippen LogP contribution in [0.2, 0.25) is 5.15 Å². The smallest absolute Gasteiger partial charge is 0.407 e. The molecule has 22 heavy (non-hydrogen) atoms. The predicted molar refractivity (Wildman–Crippen MR) is 86.2 cm³/mol. The number of aromatic nitrogens is 3. The van der Waals surface area contributed by atoms with Gasteiger partial charge < -0.3 is 14.6 Å². The van der Waals surface area contributed by atoms with Crippen molar-refractivity contribution in [1.29, 1.82) is 0 Å². The molecule has 2 aromatic heterocycles. The normalized spacial score (nSPS) is 11.8. The zero-order valence-electron chi connectivity index (χ0n) is 13.1. The number of carbonyl (C=O) groups is 1. The van der Waals surface area contributed by atoms with Crippen molar-refractivity contribution in [3.8, 4) is 0 Å². The van der Waals surface area contributed by atoms with Crippen LogP contribution >= 0.6 is 11.6 Å². The molecule has 120 valence electrons. The van der Waals surface area contributed by atoms with Gasteiger partial charge in [-0.3, -0.25) is 0 Å². The molecule has 0 fully saturated rings. The van der Waals surface area contributed by atoms with E-state index in [2.05, 4.69) is 30.7 Å². The van der Waals surface area contributed by atoms with Gasteiger partial charge in [-0.05, 0) is 17.9 Å². The van der Waals surface area contributed by atoms with Crippen LogP contribution in [0.3, 0.4) is 0 Å². The highest BCUT2D eigenvalue weighted by molar-refractivity contribution is 6.33. The van der Waals surface area contributed by atoms with Crippen molar-refractivity contribution in [3.63, 3.8) is 0 Å². The molecule has 2 rings (SSSR count). The van der Waals surface area contributed by atoms with Crippen LogP contribution in [0, 0.1) is 5.41 Å². The minimum absolute atomic E-state index is 0.102. The summed E-state index contributed by atoms with van der Waals surface area (Å²) < 4.78 is 1.89. The first kappa shape index (κ1) is 16.5. The fraction of sp³-hybridized carbons (Fsp3) is 0.533. The number of fused-ring (bicyclic) bond motifs is 1. The monoisotopic (exact) mass is 324 g/mol. The van der Waals surface area contributed by atoms with E-state index in [1.54, 1.807) is 0 Å². The topological polar surface area (TPSA) is 71.2 Å². The third-order valence-electron chi connectivity index (χ3n) is 3.52. The van der Waals surface area contributed by atoms with Gasteiger partial charge in [0, 0.05) is 25.8 Å². The van der Waals surface area contributed by atoms with Gasteiger partial charge in [0.25, 0.3) is 0 Å². The van der Waals surface area contributed by atoms with Crippen molar-refractivity contribution >= 4 is 28.7 Å². The standard InChI is InChI=1S/C15H21ClN4O2/c1-15(2,3)5-7-20(14(21)22)9-8-19-6-4-11-12(19)13(16)18-10-17-11/h4,6,10H,5,7-9H2,1-3H3,(H,21,22). The summed E-state index contributed by atoms with van der Waals surface area (Å²) in [6, 6.07) is 1.85. The van der Waals surface area contributed by atoms with Crippen LogP contribution in [0.25, 0.3) is 11.0 Å².